The Hall–Kier alpha value is -3.27. The van der Waals surface area contributed by atoms with Gasteiger partial charge in [-0.3, -0.25) is 4.79 Å². The van der Waals surface area contributed by atoms with Crippen molar-refractivity contribution >= 4 is 24.3 Å². The molecule has 3 rings (SSSR count). The highest BCUT2D eigenvalue weighted by Crippen LogP contribution is 2.31. The van der Waals surface area contributed by atoms with Crippen molar-refractivity contribution in [1.29, 1.82) is 0 Å². The Morgan fingerprint density at radius 1 is 1.11 bits per heavy atom. The van der Waals surface area contributed by atoms with Crippen LogP contribution in [0.4, 0.5) is 5.69 Å². The van der Waals surface area contributed by atoms with Crippen LogP contribution in [0.15, 0.2) is 66.4 Å². The highest BCUT2D eigenvalue weighted by atomic mass is 16.5. The Balaban J connectivity index is 1.82. The zero-order valence-electron chi connectivity index (χ0n) is 16.0. The third kappa shape index (κ3) is 4.71. The lowest BCUT2D eigenvalue weighted by Gasteiger charge is -2.30. The first-order chi connectivity index (χ1) is 13.7. The van der Waals surface area contributed by atoms with Crippen LogP contribution in [0.3, 0.4) is 0 Å². The van der Waals surface area contributed by atoms with E-state index in [0.717, 1.165) is 24.2 Å². The number of phenolic OH excluding ortho intramolecular Hbond substituents is 1. The molecule has 1 aliphatic heterocycles. The number of hydrogen-bond donors (Lipinski definition) is 1. The largest absolute Gasteiger partial charge is 0.504 e. The molecule has 0 atom stereocenters. The van der Waals surface area contributed by atoms with Crippen LogP contribution in [-0.2, 0) is 4.79 Å². The second-order valence-corrected chi connectivity index (χ2v) is 6.64. The van der Waals surface area contributed by atoms with E-state index in [1.807, 2.05) is 12.2 Å². The monoisotopic (exact) mass is 375 g/mol. The van der Waals surface area contributed by atoms with E-state index in [2.05, 4.69) is 54.3 Å². The molecule has 0 bridgehead atoms. The van der Waals surface area contributed by atoms with Crippen LogP contribution in [0.1, 0.15) is 37.3 Å². The molecule has 0 aliphatic carbocycles. The molecule has 4 nitrogen and oxygen atoms in total. The van der Waals surface area contributed by atoms with Crippen molar-refractivity contribution in [3.8, 4) is 11.5 Å². The number of allylic oxidation sites excluding steroid dienone is 3. The molecule has 0 aromatic heterocycles. The first-order valence-electron chi connectivity index (χ1n) is 9.59. The number of carbonyl (C=O) groups is 1. The standard InChI is InChI=1S/C24H25NO3/c1-2-3-6-16-25-21(14-13-20-9-4-5-11-22(20)25)10-7-8-19-12-15-23(27)24(17-19)28-18-26/h4-5,7-15,17-18,27H,2-3,6,16H2,1H3. The quantitative estimate of drug-likeness (QED) is 0.485. The van der Waals surface area contributed by atoms with E-state index in [9.17, 15) is 9.90 Å². The summed E-state index contributed by atoms with van der Waals surface area (Å²) in [6.45, 7) is 3.50. The van der Waals surface area contributed by atoms with E-state index in [0.29, 0.717) is 6.47 Å². The maximum atomic E-state index is 10.5. The Morgan fingerprint density at radius 3 is 2.79 bits per heavy atom. The van der Waals surface area contributed by atoms with Gasteiger partial charge < -0.3 is 14.7 Å². The highest BCUT2D eigenvalue weighted by molar-refractivity contribution is 5.76. The minimum Gasteiger partial charge on any atom is -0.504 e. The molecular formula is C24H25NO3. The number of anilines is 1. The number of fused-ring (bicyclic) bond motifs is 1. The van der Waals surface area contributed by atoms with Crippen LogP contribution in [0, 0.1) is 0 Å². The van der Waals surface area contributed by atoms with Crippen molar-refractivity contribution in [3.05, 3.63) is 77.5 Å². The van der Waals surface area contributed by atoms with Gasteiger partial charge in [-0.1, -0.05) is 62.3 Å². The first-order valence-corrected chi connectivity index (χ1v) is 9.59. The van der Waals surface area contributed by atoms with Crippen molar-refractivity contribution < 1.29 is 14.6 Å². The second kappa shape index (κ2) is 9.60. The van der Waals surface area contributed by atoms with Gasteiger partial charge in [0.2, 0.25) is 0 Å². The SMILES string of the molecule is CCCCCN1C(=CC=Cc2ccc(O)c(OC=O)c2)C=Cc2ccccc21. The van der Waals surface area contributed by atoms with E-state index >= 15 is 0 Å². The second-order valence-electron chi connectivity index (χ2n) is 6.64. The van der Waals surface area contributed by atoms with Gasteiger partial charge in [0.05, 0.1) is 0 Å². The van der Waals surface area contributed by atoms with Gasteiger partial charge >= 0.3 is 0 Å². The number of benzene rings is 2. The van der Waals surface area contributed by atoms with Crippen LogP contribution in [-0.4, -0.2) is 18.1 Å². The van der Waals surface area contributed by atoms with Crippen LogP contribution in [0.2, 0.25) is 0 Å². The van der Waals surface area contributed by atoms with Crippen LogP contribution < -0.4 is 9.64 Å². The van der Waals surface area contributed by atoms with E-state index in [-0.39, 0.29) is 11.5 Å². The fourth-order valence-electron chi connectivity index (χ4n) is 3.23. The molecule has 2 aromatic carbocycles. The molecular weight excluding hydrogens is 350 g/mol. The molecule has 1 N–H and O–H groups in total. The van der Waals surface area contributed by atoms with Gasteiger partial charge in [0.15, 0.2) is 11.5 Å². The molecule has 0 unspecified atom stereocenters. The molecule has 0 fully saturated rings. The average molecular weight is 375 g/mol. The molecule has 0 radical (unpaired) electrons. The average Bonchev–Trinajstić information content (AvgIpc) is 2.71. The molecule has 0 saturated heterocycles. The first kappa shape index (κ1) is 19.5. The lowest BCUT2D eigenvalue weighted by atomic mass is 10.0. The minimum absolute atomic E-state index is 0.0588. The van der Waals surface area contributed by atoms with E-state index in [4.69, 9.17) is 4.74 Å². The Bertz CT molecular complexity index is 912. The summed E-state index contributed by atoms with van der Waals surface area (Å²) in [5.41, 5.74) is 4.43. The van der Waals surface area contributed by atoms with E-state index < -0.39 is 0 Å². The van der Waals surface area contributed by atoms with Gasteiger partial charge in [0.25, 0.3) is 6.47 Å². The number of para-hydroxylation sites is 1. The summed E-state index contributed by atoms with van der Waals surface area (Å²) in [4.78, 5) is 12.9. The van der Waals surface area contributed by atoms with Gasteiger partial charge in [-0.25, -0.2) is 0 Å². The van der Waals surface area contributed by atoms with Crippen molar-refractivity contribution in [2.45, 2.75) is 26.2 Å². The number of phenols is 1. The Morgan fingerprint density at radius 2 is 1.96 bits per heavy atom. The van der Waals surface area contributed by atoms with Gasteiger partial charge in [-0.2, -0.15) is 0 Å². The number of unbranched alkanes of at least 4 members (excludes halogenated alkanes) is 2. The lowest BCUT2D eigenvalue weighted by Crippen LogP contribution is -2.25. The van der Waals surface area contributed by atoms with Gasteiger partial charge in [0, 0.05) is 17.9 Å². The Labute approximate surface area is 166 Å². The lowest BCUT2D eigenvalue weighted by molar-refractivity contribution is -0.120. The zero-order chi connectivity index (χ0) is 19.8. The molecule has 0 spiro atoms. The molecule has 28 heavy (non-hydrogen) atoms. The highest BCUT2D eigenvalue weighted by Gasteiger charge is 2.15. The smallest absolute Gasteiger partial charge is 0.298 e. The molecule has 1 heterocycles. The number of carbonyl (C=O) groups excluding carboxylic acids is 1. The fraction of sp³-hybridized carbons (Fsp3) is 0.208. The van der Waals surface area contributed by atoms with Crippen LogP contribution >= 0.6 is 0 Å². The van der Waals surface area contributed by atoms with Gasteiger partial charge in [-0.05, 0) is 47.9 Å². The maximum Gasteiger partial charge on any atom is 0.298 e. The number of hydrogen-bond acceptors (Lipinski definition) is 4. The normalized spacial score (nSPS) is 14.5. The summed E-state index contributed by atoms with van der Waals surface area (Å²) in [7, 11) is 0. The van der Waals surface area contributed by atoms with Crippen molar-refractivity contribution in [1.82, 2.24) is 0 Å². The summed E-state index contributed by atoms with van der Waals surface area (Å²) in [6, 6.07) is 13.3. The Kier molecular flexibility index (Phi) is 6.68. The topological polar surface area (TPSA) is 49.8 Å². The summed E-state index contributed by atoms with van der Waals surface area (Å²) in [5, 5.41) is 9.69. The van der Waals surface area contributed by atoms with Gasteiger partial charge in [-0.15, -0.1) is 0 Å². The predicted molar refractivity (Wildman–Crippen MR) is 114 cm³/mol. The number of aromatic hydroxyl groups is 1. The molecule has 4 heteroatoms. The number of rotatable bonds is 8. The van der Waals surface area contributed by atoms with Crippen molar-refractivity contribution in [3.63, 3.8) is 0 Å². The maximum absolute atomic E-state index is 10.5. The van der Waals surface area contributed by atoms with E-state index in [1.165, 1.54) is 30.2 Å². The molecule has 144 valence electrons. The van der Waals surface area contributed by atoms with Crippen LogP contribution in [0.25, 0.3) is 12.2 Å². The summed E-state index contributed by atoms with van der Waals surface area (Å²) < 4.78 is 4.79. The summed E-state index contributed by atoms with van der Waals surface area (Å²) >= 11 is 0. The third-order valence-corrected chi connectivity index (χ3v) is 4.67. The van der Waals surface area contributed by atoms with Crippen molar-refractivity contribution in [2.75, 3.05) is 11.4 Å². The predicted octanol–water partition coefficient (Wildman–Crippen LogP) is 5.55. The summed E-state index contributed by atoms with van der Waals surface area (Å²) in [5.74, 6) is 0.0917. The zero-order valence-corrected chi connectivity index (χ0v) is 16.0. The molecule has 0 amide bonds. The summed E-state index contributed by atoms with van der Waals surface area (Å²) in [6.07, 6.45) is 13.8. The van der Waals surface area contributed by atoms with E-state index in [1.54, 1.807) is 12.1 Å². The van der Waals surface area contributed by atoms with Crippen molar-refractivity contribution in [2.24, 2.45) is 0 Å². The molecule has 2 aromatic rings. The van der Waals surface area contributed by atoms with Gasteiger partial charge in [0.1, 0.15) is 0 Å². The molecule has 1 aliphatic rings. The number of ether oxygens (including phenoxy) is 1. The van der Waals surface area contributed by atoms with Crippen LogP contribution in [0.5, 0.6) is 11.5 Å². The third-order valence-electron chi connectivity index (χ3n) is 4.67. The number of nitrogens with zero attached hydrogens (tertiary/aromatic N) is 1. The molecule has 0 saturated carbocycles. The minimum atomic E-state index is -0.0588. The fourth-order valence-corrected chi connectivity index (χ4v) is 3.23.